The molecule has 0 unspecified atom stereocenters. The molecule has 0 spiro atoms. The first-order valence-corrected chi connectivity index (χ1v) is 9.54. The number of nitrogens with one attached hydrogen (secondary N) is 1. The molecule has 140 valence electrons. The van der Waals surface area contributed by atoms with Crippen molar-refractivity contribution in [1.82, 2.24) is 20.0 Å². The lowest BCUT2D eigenvalue weighted by molar-refractivity contribution is -0.121. The van der Waals surface area contributed by atoms with Gasteiger partial charge in [0.2, 0.25) is 11.7 Å². The fraction of sp³-hybridized carbons (Fsp3) is 0.0952. The Labute approximate surface area is 170 Å². The van der Waals surface area contributed by atoms with Gasteiger partial charge in [0.05, 0.1) is 0 Å². The Bertz CT molecular complexity index is 1070. The molecule has 0 aliphatic rings. The number of carbonyl (C=O) groups is 1. The first-order chi connectivity index (χ1) is 13.7. The molecule has 0 bridgehead atoms. The van der Waals surface area contributed by atoms with Crippen LogP contribution in [-0.4, -0.2) is 20.6 Å². The number of hydrogen-bond donors (Lipinski definition) is 1. The largest absolute Gasteiger partial charge is 0.350 e. The van der Waals surface area contributed by atoms with Gasteiger partial charge in [0.15, 0.2) is 0 Å². The maximum Gasteiger partial charge on any atom is 0.274 e. The van der Waals surface area contributed by atoms with E-state index >= 15 is 0 Å². The van der Waals surface area contributed by atoms with Crippen molar-refractivity contribution in [2.24, 2.45) is 0 Å². The van der Waals surface area contributed by atoms with Gasteiger partial charge in [-0.05, 0) is 42.0 Å². The zero-order valence-corrected chi connectivity index (χ0v) is 16.5. The van der Waals surface area contributed by atoms with Crippen LogP contribution < -0.4 is 5.32 Å². The van der Waals surface area contributed by atoms with Crippen molar-refractivity contribution >= 4 is 21.8 Å². The molecule has 0 fully saturated rings. The molecule has 7 heteroatoms. The number of carbonyl (C=O) groups excluding carboxylic acids is 1. The Kier molecular flexibility index (Phi) is 5.34. The molecule has 0 aliphatic carbocycles. The Morgan fingerprint density at radius 3 is 2.61 bits per heavy atom. The summed E-state index contributed by atoms with van der Waals surface area (Å²) in [6, 6.07) is 21.2. The minimum absolute atomic E-state index is 0.0889. The monoisotopic (exact) mass is 436 g/mol. The van der Waals surface area contributed by atoms with Gasteiger partial charge in [-0.1, -0.05) is 51.4 Å². The van der Waals surface area contributed by atoms with Crippen molar-refractivity contribution in [3.05, 3.63) is 83.0 Å². The number of nitrogens with zero attached hydrogens (tertiary/aromatic N) is 3. The predicted octanol–water partition coefficient (Wildman–Crippen LogP) is 4.28. The van der Waals surface area contributed by atoms with E-state index in [0.29, 0.717) is 24.0 Å². The van der Waals surface area contributed by atoms with Crippen LogP contribution in [-0.2, 0) is 17.9 Å². The molecule has 0 aliphatic heterocycles. The average molecular weight is 437 g/mol. The summed E-state index contributed by atoms with van der Waals surface area (Å²) in [5.74, 6) is 0.788. The van der Waals surface area contributed by atoms with Crippen molar-refractivity contribution in [2.75, 3.05) is 0 Å². The molecule has 2 aromatic carbocycles. The third kappa shape index (κ3) is 4.20. The van der Waals surface area contributed by atoms with Crippen LogP contribution in [0.25, 0.3) is 23.0 Å². The molecule has 2 heterocycles. The SMILES string of the molecule is O=C(Cn1cccc1-c1nc(-c2ccc(Br)cc2)no1)NCc1ccccc1. The molecule has 0 atom stereocenters. The minimum atomic E-state index is -0.0889. The maximum absolute atomic E-state index is 12.3. The lowest BCUT2D eigenvalue weighted by Crippen LogP contribution is -2.27. The van der Waals surface area contributed by atoms with E-state index < -0.39 is 0 Å². The van der Waals surface area contributed by atoms with E-state index in [1.54, 1.807) is 4.57 Å². The number of benzene rings is 2. The summed E-state index contributed by atoms with van der Waals surface area (Å²) >= 11 is 3.41. The number of amides is 1. The van der Waals surface area contributed by atoms with E-state index in [-0.39, 0.29) is 12.5 Å². The molecule has 2 aromatic heterocycles. The first-order valence-electron chi connectivity index (χ1n) is 8.75. The highest BCUT2D eigenvalue weighted by Crippen LogP contribution is 2.24. The van der Waals surface area contributed by atoms with Gasteiger partial charge in [-0.25, -0.2) is 0 Å². The van der Waals surface area contributed by atoms with Gasteiger partial charge >= 0.3 is 0 Å². The van der Waals surface area contributed by atoms with Gasteiger partial charge in [0.1, 0.15) is 12.2 Å². The van der Waals surface area contributed by atoms with Crippen molar-refractivity contribution in [1.29, 1.82) is 0 Å². The van der Waals surface area contributed by atoms with Gasteiger partial charge in [-0.15, -0.1) is 0 Å². The second kappa shape index (κ2) is 8.22. The summed E-state index contributed by atoms with van der Waals surface area (Å²) in [5.41, 5.74) is 2.61. The number of hydrogen-bond acceptors (Lipinski definition) is 4. The topological polar surface area (TPSA) is 73.0 Å². The van der Waals surface area contributed by atoms with Gasteiger partial charge in [0.25, 0.3) is 5.89 Å². The molecular weight excluding hydrogens is 420 g/mol. The zero-order chi connectivity index (χ0) is 19.3. The quantitative estimate of drug-likeness (QED) is 0.489. The van der Waals surface area contributed by atoms with Crippen LogP contribution >= 0.6 is 15.9 Å². The second-order valence-corrected chi connectivity index (χ2v) is 7.13. The number of aromatic nitrogens is 3. The van der Waals surface area contributed by atoms with Crippen LogP contribution in [0.3, 0.4) is 0 Å². The van der Waals surface area contributed by atoms with Crippen LogP contribution in [0.1, 0.15) is 5.56 Å². The first kappa shape index (κ1) is 18.2. The lowest BCUT2D eigenvalue weighted by Gasteiger charge is -2.08. The standard InChI is InChI=1S/C21H17BrN4O2/c22-17-10-8-16(9-11-17)20-24-21(28-25-20)18-7-4-12-26(18)14-19(27)23-13-15-5-2-1-3-6-15/h1-12H,13-14H2,(H,23,27). The highest BCUT2D eigenvalue weighted by molar-refractivity contribution is 9.10. The summed E-state index contributed by atoms with van der Waals surface area (Å²) in [4.78, 5) is 16.8. The van der Waals surface area contributed by atoms with Crippen LogP contribution in [0.4, 0.5) is 0 Å². The normalized spacial score (nSPS) is 10.8. The molecule has 4 aromatic rings. The van der Waals surface area contributed by atoms with Crippen molar-refractivity contribution in [2.45, 2.75) is 13.1 Å². The molecule has 0 saturated carbocycles. The highest BCUT2D eigenvalue weighted by atomic mass is 79.9. The summed E-state index contributed by atoms with van der Waals surface area (Å²) in [6.07, 6.45) is 1.82. The molecule has 6 nitrogen and oxygen atoms in total. The van der Waals surface area contributed by atoms with Gasteiger partial charge in [0, 0.05) is 22.8 Å². The fourth-order valence-electron chi connectivity index (χ4n) is 2.80. The smallest absolute Gasteiger partial charge is 0.274 e. The van der Waals surface area contributed by atoms with Crippen LogP contribution in [0.5, 0.6) is 0 Å². The Hall–Kier alpha value is -3.19. The van der Waals surface area contributed by atoms with Crippen molar-refractivity contribution in [3.63, 3.8) is 0 Å². The summed E-state index contributed by atoms with van der Waals surface area (Å²) in [7, 11) is 0. The third-order valence-electron chi connectivity index (χ3n) is 4.22. The average Bonchev–Trinajstić information content (AvgIpc) is 3.37. The summed E-state index contributed by atoms with van der Waals surface area (Å²) in [5, 5.41) is 6.97. The molecule has 0 radical (unpaired) electrons. The Morgan fingerprint density at radius 1 is 1.04 bits per heavy atom. The summed E-state index contributed by atoms with van der Waals surface area (Å²) in [6.45, 7) is 0.662. The third-order valence-corrected chi connectivity index (χ3v) is 4.75. The van der Waals surface area contributed by atoms with Gasteiger partial charge in [-0.3, -0.25) is 4.79 Å². The molecule has 1 amide bonds. The van der Waals surface area contributed by atoms with Crippen molar-refractivity contribution < 1.29 is 9.32 Å². The molecular formula is C21H17BrN4O2. The lowest BCUT2D eigenvalue weighted by atomic mass is 10.2. The van der Waals surface area contributed by atoms with E-state index in [1.165, 1.54) is 0 Å². The predicted molar refractivity (Wildman–Crippen MR) is 109 cm³/mol. The van der Waals surface area contributed by atoms with E-state index in [9.17, 15) is 4.79 Å². The van der Waals surface area contributed by atoms with E-state index in [1.807, 2.05) is 72.9 Å². The highest BCUT2D eigenvalue weighted by Gasteiger charge is 2.15. The molecule has 1 N–H and O–H groups in total. The zero-order valence-electron chi connectivity index (χ0n) is 14.9. The fourth-order valence-corrected chi connectivity index (χ4v) is 3.06. The van der Waals surface area contributed by atoms with Gasteiger partial charge in [-0.2, -0.15) is 4.98 Å². The van der Waals surface area contributed by atoms with Crippen LogP contribution in [0.15, 0.2) is 81.9 Å². The van der Waals surface area contributed by atoms with Crippen molar-refractivity contribution in [3.8, 4) is 23.0 Å². The van der Waals surface area contributed by atoms with E-state index in [2.05, 4.69) is 31.4 Å². The maximum atomic E-state index is 12.3. The van der Waals surface area contributed by atoms with Crippen LogP contribution in [0.2, 0.25) is 0 Å². The molecule has 0 saturated heterocycles. The second-order valence-electron chi connectivity index (χ2n) is 6.21. The van der Waals surface area contributed by atoms with Gasteiger partial charge < -0.3 is 14.4 Å². The molecule has 28 heavy (non-hydrogen) atoms. The van der Waals surface area contributed by atoms with Crippen LogP contribution in [0, 0.1) is 0 Å². The Morgan fingerprint density at radius 2 is 1.82 bits per heavy atom. The minimum Gasteiger partial charge on any atom is -0.350 e. The van der Waals surface area contributed by atoms with E-state index in [0.717, 1.165) is 15.6 Å². The number of halogens is 1. The molecule has 4 rings (SSSR count). The number of rotatable bonds is 6. The summed E-state index contributed by atoms with van der Waals surface area (Å²) < 4.78 is 8.19. The Balaban J connectivity index is 1.45. The van der Waals surface area contributed by atoms with E-state index in [4.69, 9.17) is 4.52 Å².